The summed E-state index contributed by atoms with van der Waals surface area (Å²) in [5.74, 6) is -4.94. The van der Waals surface area contributed by atoms with Gasteiger partial charge in [0.05, 0.1) is 24.7 Å². The van der Waals surface area contributed by atoms with E-state index in [1.54, 1.807) is 6.07 Å². The van der Waals surface area contributed by atoms with Crippen LogP contribution in [0.25, 0.3) is 11.1 Å². The fourth-order valence-electron chi connectivity index (χ4n) is 3.00. The van der Waals surface area contributed by atoms with Crippen LogP contribution >= 0.6 is 0 Å². The molecule has 1 aliphatic rings. The second kappa shape index (κ2) is 7.68. The monoisotopic (exact) mass is 388 g/mol. The number of halogens is 3. The lowest BCUT2D eigenvalue weighted by atomic mass is 10.0. The highest BCUT2D eigenvalue weighted by molar-refractivity contribution is 6.02. The maximum atomic E-state index is 13.5. The average molecular weight is 388 g/mol. The molecule has 9 heteroatoms. The molecule has 0 aliphatic carbocycles. The first-order valence-corrected chi connectivity index (χ1v) is 8.36. The molecule has 1 aromatic carbocycles. The van der Waals surface area contributed by atoms with Crippen molar-refractivity contribution in [1.82, 2.24) is 15.2 Å². The van der Waals surface area contributed by atoms with Crippen LogP contribution in [-0.2, 0) is 4.79 Å². The quantitative estimate of drug-likeness (QED) is 0.871. The van der Waals surface area contributed by atoms with Crippen LogP contribution in [0.3, 0.4) is 0 Å². The Balaban J connectivity index is 1.72. The standard InChI is InChI=1S/C19H15F3N4O2/c20-13-3-1-12(2-4-13)16-9-24-6-5-15(16)18(28)25-10-17(27)26-11-19(21,22)7-14(26)8-23/h1-6,9,14H,7,10-11H2,(H,25,28)/t14-/m0/s1. The third-order valence-electron chi connectivity index (χ3n) is 4.36. The Morgan fingerprint density at radius 3 is 2.68 bits per heavy atom. The normalized spacial score (nSPS) is 17.8. The molecule has 6 nitrogen and oxygen atoms in total. The molecule has 28 heavy (non-hydrogen) atoms. The van der Waals surface area contributed by atoms with Gasteiger partial charge in [-0.3, -0.25) is 14.6 Å². The number of benzene rings is 1. The Kier molecular flexibility index (Phi) is 5.31. The summed E-state index contributed by atoms with van der Waals surface area (Å²) in [6.45, 7) is -1.38. The molecule has 2 amide bonds. The number of hydrogen-bond donors (Lipinski definition) is 1. The number of nitrogens with one attached hydrogen (secondary N) is 1. The van der Waals surface area contributed by atoms with E-state index in [2.05, 4.69) is 10.3 Å². The highest BCUT2D eigenvalue weighted by Gasteiger charge is 2.47. The van der Waals surface area contributed by atoms with E-state index < -0.39 is 49.1 Å². The second-order valence-corrected chi connectivity index (χ2v) is 6.34. The van der Waals surface area contributed by atoms with E-state index in [1.807, 2.05) is 0 Å². The summed E-state index contributed by atoms with van der Waals surface area (Å²) in [4.78, 5) is 29.4. The van der Waals surface area contributed by atoms with Gasteiger partial charge in [-0.2, -0.15) is 5.26 Å². The molecule has 1 atom stereocenters. The number of rotatable bonds is 4. The molecule has 144 valence electrons. The van der Waals surface area contributed by atoms with Crippen LogP contribution in [0.4, 0.5) is 13.2 Å². The fraction of sp³-hybridized carbons (Fsp3) is 0.263. The van der Waals surface area contributed by atoms with Gasteiger partial charge >= 0.3 is 0 Å². The lowest BCUT2D eigenvalue weighted by Gasteiger charge is -2.19. The molecule has 2 heterocycles. The van der Waals surface area contributed by atoms with Crippen molar-refractivity contribution in [2.75, 3.05) is 13.1 Å². The Morgan fingerprint density at radius 2 is 2.00 bits per heavy atom. The Hall–Kier alpha value is -3.41. The summed E-state index contributed by atoms with van der Waals surface area (Å²) in [6.07, 6.45) is 2.09. The summed E-state index contributed by atoms with van der Waals surface area (Å²) in [7, 11) is 0. The zero-order chi connectivity index (χ0) is 20.3. The average Bonchev–Trinajstić information content (AvgIpc) is 3.01. The van der Waals surface area contributed by atoms with Gasteiger partial charge < -0.3 is 10.2 Å². The van der Waals surface area contributed by atoms with Gasteiger partial charge in [-0.15, -0.1) is 0 Å². The van der Waals surface area contributed by atoms with Crippen molar-refractivity contribution < 1.29 is 22.8 Å². The molecule has 0 radical (unpaired) electrons. The lowest BCUT2D eigenvalue weighted by Crippen LogP contribution is -2.43. The van der Waals surface area contributed by atoms with Gasteiger partial charge in [0.15, 0.2) is 0 Å². The SMILES string of the molecule is N#C[C@@H]1CC(F)(F)CN1C(=O)CNC(=O)c1ccncc1-c1ccc(F)cc1. The van der Waals surface area contributed by atoms with Crippen LogP contribution in [0, 0.1) is 17.1 Å². The molecule has 1 aliphatic heterocycles. The zero-order valence-electron chi connectivity index (χ0n) is 14.5. The Morgan fingerprint density at radius 1 is 1.29 bits per heavy atom. The van der Waals surface area contributed by atoms with E-state index in [-0.39, 0.29) is 5.56 Å². The number of aromatic nitrogens is 1. The topological polar surface area (TPSA) is 86.1 Å². The number of carbonyl (C=O) groups excluding carboxylic acids is 2. The van der Waals surface area contributed by atoms with Crippen LogP contribution in [0.15, 0.2) is 42.7 Å². The first-order chi connectivity index (χ1) is 13.3. The predicted molar refractivity (Wildman–Crippen MR) is 92.6 cm³/mol. The third kappa shape index (κ3) is 4.11. The van der Waals surface area contributed by atoms with E-state index in [0.29, 0.717) is 11.1 Å². The molecular weight excluding hydrogens is 373 g/mol. The molecule has 0 spiro atoms. The first kappa shape index (κ1) is 19.4. The summed E-state index contributed by atoms with van der Waals surface area (Å²) in [6, 6.07) is 7.33. The summed E-state index contributed by atoms with van der Waals surface area (Å²) >= 11 is 0. The van der Waals surface area contributed by atoms with Crippen molar-refractivity contribution in [3.05, 3.63) is 54.1 Å². The first-order valence-electron chi connectivity index (χ1n) is 8.36. The van der Waals surface area contributed by atoms with Gasteiger partial charge in [0.1, 0.15) is 11.9 Å². The molecule has 0 unspecified atom stereocenters. The molecule has 1 saturated heterocycles. The fourth-order valence-corrected chi connectivity index (χ4v) is 3.00. The van der Waals surface area contributed by atoms with Crippen molar-refractivity contribution in [1.29, 1.82) is 5.26 Å². The number of likely N-dealkylation sites (tertiary alicyclic amines) is 1. The summed E-state index contributed by atoms with van der Waals surface area (Å²) in [5, 5.41) is 11.3. The second-order valence-electron chi connectivity index (χ2n) is 6.34. The molecule has 0 bridgehead atoms. The van der Waals surface area contributed by atoms with E-state index >= 15 is 0 Å². The molecule has 3 rings (SSSR count). The molecule has 1 N–H and O–H groups in total. The van der Waals surface area contributed by atoms with Gasteiger partial charge in [-0.1, -0.05) is 12.1 Å². The predicted octanol–water partition coefficient (Wildman–Crippen LogP) is 2.38. The van der Waals surface area contributed by atoms with E-state index in [4.69, 9.17) is 5.26 Å². The van der Waals surface area contributed by atoms with Crippen molar-refractivity contribution >= 4 is 11.8 Å². The van der Waals surface area contributed by atoms with Gasteiger partial charge in [0, 0.05) is 24.4 Å². The van der Waals surface area contributed by atoms with Gasteiger partial charge in [0.25, 0.3) is 11.8 Å². The largest absolute Gasteiger partial charge is 0.343 e. The number of carbonyl (C=O) groups is 2. The third-order valence-corrected chi connectivity index (χ3v) is 4.36. The summed E-state index contributed by atoms with van der Waals surface area (Å²) < 4.78 is 40.0. The van der Waals surface area contributed by atoms with Crippen molar-refractivity contribution in [2.45, 2.75) is 18.4 Å². The Bertz CT molecular complexity index is 941. The van der Waals surface area contributed by atoms with E-state index in [0.717, 1.165) is 4.90 Å². The molecule has 1 fully saturated rings. The van der Waals surface area contributed by atoms with E-state index in [9.17, 15) is 22.8 Å². The Labute approximate surface area is 158 Å². The summed E-state index contributed by atoms with van der Waals surface area (Å²) in [5.41, 5.74) is 1.17. The number of alkyl halides is 2. The van der Waals surface area contributed by atoms with Crippen LogP contribution in [0.5, 0.6) is 0 Å². The van der Waals surface area contributed by atoms with Gasteiger partial charge in [-0.05, 0) is 23.8 Å². The van der Waals surface area contributed by atoms with Crippen LogP contribution in [0.2, 0.25) is 0 Å². The van der Waals surface area contributed by atoms with Gasteiger partial charge in [-0.25, -0.2) is 13.2 Å². The van der Waals surface area contributed by atoms with Crippen molar-refractivity contribution in [3.8, 4) is 17.2 Å². The highest BCUT2D eigenvalue weighted by atomic mass is 19.3. The number of pyridine rings is 1. The number of hydrogen-bond acceptors (Lipinski definition) is 4. The molecule has 2 aromatic rings. The van der Waals surface area contributed by atoms with Crippen LogP contribution in [0.1, 0.15) is 16.8 Å². The van der Waals surface area contributed by atoms with Crippen molar-refractivity contribution in [2.24, 2.45) is 0 Å². The smallest absolute Gasteiger partial charge is 0.268 e. The molecule has 0 saturated carbocycles. The van der Waals surface area contributed by atoms with Crippen LogP contribution in [-0.4, -0.2) is 46.8 Å². The zero-order valence-corrected chi connectivity index (χ0v) is 14.5. The molecular formula is C19H15F3N4O2. The van der Waals surface area contributed by atoms with Crippen molar-refractivity contribution in [3.63, 3.8) is 0 Å². The molecule has 1 aromatic heterocycles. The van der Waals surface area contributed by atoms with E-state index in [1.165, 1.54) is 42.7 Å². The maximum absolute atomic E-state index is 13.5. The minimum atomic E-state index is -3.12. The lowest BCUT2D eigenvalue weighted by molar-refractivity contribution is -0.131. The highest BCUT2D eigenvalue weighted by Crippen LogP contribution is 2.31. The minimum absolute atomic E-state index is 0.193. The number of nitriles is 1. The van der Waals surface area contributed by atoms with Gasteiger partial charge in [0.2, 0.25) is 5.91 Å². The minimum Gasteiger partial charge on any atom is -0.343 e. The number of nitrogens with zero attached hydrogens (tertiary/aromatic N) is 3. The van der Waals surface area contributed by atoms with Crippen LogP contribution < -0.4 is 5.32 Å². The maximum Gasteiger partial charge on any atom is 0.268 e. The number of amides is 2.